The van der Waals surface area contributed by atoms with Gasteiger partial charge in [0.1, 0.15) is 6.61 Å². The fourth-order valence-corrected chi connectivity index (χ4v) is 4.63. The van der Waals surface area contributed by atoms with E-state index >= 15 is 0 Å². The van der Waals surface area contributed by atoms with E-state index in [4.69, 9.17) is 4.84 Å². The summed E-state index contributed by atoms with van der Waals surface area (Å²) in [4.78, 5) is 11.6. The molecule has 0 amide bonds. The zero-order valence-electron chi connectivity index (χ0n) is 15.7. The summed E-state index contributed by atoms with van der Waals surface area (Å²) < 4.78 is 0. The van der Waals surface area contributed by atoms with Crippen molar-refractivity contribution in [1.29, 1.82) is 0 Å². The molecule has 25 heavy (non-hydrogen) atoms. The smallest absolute Gasteiger partial charge is 0.129 e. The summed E-state index contributed by atoms with van der Waals surface area (Å²) >= 11 is 0. The molecule has 3 rings (SSSR count). The lowest BCUT2D eigenvalue weighted by Gasteiger charge is -2.48. The van der Waals surface area contributed by atoms with E-state index in [-0.39, 0.29) is 11.3 Å². The van der Waals surface area contributed by atoms with E-state index < -0.39 is 5.60 Å². The molecular formula is C20H31N3O2. The molecule has 0 radical (unpaired) electrons. The van der Waals surface area contributed by atoms with Gasteiger partial charge in [-0.3, -0.25) is 4.98 Å². The van der Waals surface area contributed by atoms with Gasteiger partial charge in [0.15, 0.2) is 0 Å². The number of likely N-dealkylation sites (N-methyl/N-ethyl adjacent to an activating group) is 1. The Balaban J connectivity index is 1.63. The average Bonchev–Trinajstić information content (AvgIpc) is 2.86. The molecule has 2 aliphatic rings. The van der Waals surface area contributed by atoms with Gasteiger partial charge in [-0.15, -0.1) is 0 Å². The lowest BCUT2D eigenvalue weighted by atomic mass is 9.59. The molecule has 1 N–H and O–H groups in total. The van der Waals surface area contributed by atoms with E-state index in [9.17, 15) is 5.11 Å². The molecule has 5 heteroatoms. The molecule has 2 saturated carbocycles. The van der Waals surface area contributed by atoms with Crippen LogP contribution in [0.1, 0.15) is 50.5 Å². The van der Waals surface area contributed by atoms with E-state index in [1.807, 2.05) is 32.7 Å². The second-order valence-electron chi connectivity index (χ2n) is 8.21. The molecule has 138 valence electrons. The maximum Gasteiger partial charge on any atom is 0.129 e. The number of aliphatic hydroxyl groups is 1. The van der Waals surface area contributed by atoms with Gasteiger partial charge in [-0.1, -0.05) is 12.1 Å². The molecule has 2 aliphatic carbocycles. The predicted octanol–water partition coefficient (Wildman–Crippen LogP) is 3.06. The van der Waals surface area contributed by atoms with Crippen molar-refractivity contribution in [1.82, 2.24) is 9.88 Å². The quantitative estimate of drug-likeness (QED) is 0.489. The minimum atomic E-state index is -0.612. The van der Waals surface area contributed by atoms with Gasteiger partial charge < -0.3 is 14.8 Å². The predicted molar refractivity (Wildman–Crippen MR) is 99.6 cm³/mol. The van der Waals surface area contributed by atoms with Crippen molar-refractivity contribution >= 4 is 6.21 Å². The van der Waals surface area contributed by atoms with Crippen molar-refractivity contribution in [3.8, 4) is 0 Å². The molecule has 0 aliphatic heterocycles. The third-order valence-corrected chi connectivity index (χ3v) is 6.47. The van der Waals surface area contributed by atoms with Gasteiger partial charge in [-0.25, -0.2) is 0 Å². The number of nitrogens with zero attached hydrogens (tertiary/aromatic N) is 3. The first kappa shape index (κ1) is 18.3. The van der Waals surface area contributed by atoms with Crippen LogP contribution in [0.2, 0.25) is 0 Å². The van der Waals surface area contributed by atoms with Crippen LogP contribution in [-0.4, -0.2) is 54.1 Å². The monoisotopic (exact) mass is 345 g/mol. The number of oxime groups is 1. The first-order chi connectivity index (χ1) is 11.9. The molecule has 0 bridgehead atoms. The summed E-state index contributed by atoms with van der Waals surface area (Å²) in [7, 11) is 4.04. The van der Waals surface area contributed by atoms with Gasteiger partial charge in [-0.05, 0) is 69.8 Å². The molecule has 2 fully saturated rings. The first-order valence-corrected chi connectivity index (χ1v) is 9.37. The second kappa shape index (κ2) is 7.42. The van der Waals surface area contributed by atoms with Crippen molar-refractivity contribution < 1.29 is 9.94 Å². The van der Waals surface area contributed by atoms with E-state index in [0.29, 0.717) is 12.5 Å². The number of fused-ring (bicyclic) bond motifs is 1. The number of aromatic nitrogens is 1. The fourth-order valence-electron chi connectivity index (χ4n) is 4.63. The standard InChI is InChI=1S/C20H31N3O2/c1-19-8-4-17(16-6-10-21-11-7-16)14-20(19,24)9-5-18(19)15-22-25-13-12-23(2)3/h6-7,10-11,15,17-18,24H,4-5,8-9,12-14H2,1-3H3/b22-15+/t17-,18+,19+,20-/m0/s1. The Morgan fingerprint density at radius 1 is 1.32 bits per heavy atom. The van der Waals surface area contributed by atoms with E-state index in [2.05, 4.69) is 34.1 Å². The van der Waals surface area contributed by atoms with Gasteiger partial charge in [0.25, 0.3) is 0 Å². The SMILES string of the molecule is CN(C)CCO/N=C/[C@H]1CC[C@]2(O)C[C@@H](c3ccncc3)CC[C@]12C. The minimum absolute atomic E-state index is 0.106. The van der Waals surface area contributed by atoms with Gasteiger partial charge in [0.05, 0.1) is 5.60 Å². The fraction of sp³-hybridized carbons (Fsp3) is 0.700. The Morgan fingerprint density at radius 2 is 2.08 bits per heavy atom. The van der Waals surface area contributed by atoms with Crippen LogP contribution in [0, 0.1) is 11.3 Å². The van der Waals surface area contributed by atoms with E-state index in [1.54, 1.807) is 0 Å². The topological polar surface area (TPSA) is 58.0 Å². The first-order valence-electron chi connectivity index (χ1n) is 9.37. The average molecular weight is 345 g/mol. The molecule has 0 saturated heterocycles. The largest absolute Gasteiger partial charge is 0.395 e. The normalized spacial score (nSPS) is 35.2. The maximum absolute atomic E-state index is 11.4. The van der Waals surface area contributed by atoms with Crippen LogP contribution >= 0.6 is 0 Å². The number of hydrogen-bond acceptors (Lipinski definition) is 5. The molecule has 0 unspecified atom stereocenters. The third-order valence-electron chi connectivity index (χ3n) is 6.47. The Bertz CT molecular complexity index is 592. The Kier molecular flexibility index (Phi) is 5.44. The van der Waals surface area contributed by atoms with Gasteiger partial charge in [-0.2, -0.15) is 0 Å². The van der Waals surface area contributed by atoms with Crippen LogP contribution < -0.4 is 0 Å². The van der Waals surface area contributed by atoms with Crippen LogP contribution in [0.15, 0.2) is 29.7 Å². The summed E-state index contributed by atoms with van der Waals surface area (Å²) in [5.41, 5.74) is 0.583. The number of hydrogen-bond donors (Lipinski definition) is 1. The van der Waals surface area contributed by atoms with E-state index in [0.717, 1.165) is 38.6 Å². The highest BCUT2D eigenvalue weighted by Crippen LogP contribution is 2.60. The molecule has 4 atom stereocenters. The number of pyridine rings is 1. The molecule has 1 aromatic heterocycles. The Labute approximate surface area is 151 Å². The van der Waals surface area contributed by atoms with Gasteiger partial charge in [0.2, 0.25) is 0 Å². The van der Waals surface area contributed by atoms with Crippen molar-refractivity contribution in [3.63, 3.8) is 0 Å². The van der Waals surface area contributed by atoms with Crippen molar-refractivity contribution in [2.75, 3.05) is 27.2 Å². The summed E-state index contributed by atoms with van der Waals surface area (Å²) in [6, 6.07) is 4.17. The Morgan fingerprint density at radius 3 is 2.80 bits per heavy atom. The van der Waals surface area contributed by atoms with Crippen LogP contribution in [0.25, 0.3) is 0 Å². The molecule has 1 aromatic rings. The van der Waals surface area contributed by atoms with Crippen LogP contribution in [0.4, 0.5) is 0 Å². The zero-order chi connectivity index (χ0) is 17.9. The summed E-state index contributed by atoms with van der Waals surface area (Å²) in [6.07, 6.45) is 10.4. The summed E-state index contributed by atoms with van der Waals surface area (Å²) in [5, 5.41) is 15.6. The zero-order valence-corrected chi connectivity index (χ0v) is 15.7. The third kappa shape index (κ3) is 3.72. The van der Waals surface area contributed by atoms with E-state index in [1.165, 1.54) is 5.56 Å². The van der Waals surface area contributed by atoms with Gasteiger partial charge >= 0.3 is 0 Å². The second-order valence-corrected chi connectivity index (χ2v) is 8.21. The molecule has 0 spiro atoms. The number of rotatable bonds is 6. The minimum Gasteiger partial charge on any atom is -0.395 e. The summed E-state index contributed by atoms with van der Waals surface area (Å²) in [6.45, 7) is 3.69. The van der Waals surface area contributed by atoms with Crippen molar-refractivity contribution in [3.05, 3.63) is 30.1 Å². The maximum atomic E-state index is 11.4. The molecule has 0 aromatic carbocycles. The summed E-state index contributed by atoms with van der Waals surface area (Å²) in [5.74, 6) is 0.711. The van der Waals surface area contributed by atoms with Crippen LogP contribution in [-0.2, 0) is 4.84 Å². The highest BCUT2D eigenvalue weighted by Gasteiger charge is 2.58. The van der Waals surface area contributed by atoms with Crippen molar-refractivity contribution in [2.45, 2.75) is 50.5 Å². The highest BCUT2D eigenvalue weighted by atomic mass is 16.6. The van der Waals surface area contributed by atoms with Gasteiger partial charge in [0, 0.05) is 36.5 Å². The van der Waals surface area contributed by atoms with Crippen LogP contribution in [0.5, 0.6) is 0 Å². The lowest BCUT2D eigenvalue weighted by Crippen LogP contribution is -2.49. The van der Waals surface area contributed by atoms with Crippen LogP contribution in [0.3, 0.4) is 0 Å². The molecular weight excluding hydrogens is 314 g/mol. The van der Waals surface area contributed by atoms with Crippen molar-refractivity contribution in [2.24, 2.45) is 16.5 Å². The molecule has 1 heterocycles. The lowest BCUT2D eigenvalue weighted by molar-refractivity contribution is -0.0959. The highest BCUT2D eigenvalue weighted by molar-refractivity contribution is 5.62. The Hall–Kier alpha value is -1.46. The molecule has 5 nitrogen and oxygen atoms in total.